The Balaban J connectivity index is 0.00000243. The summed E-state index contributed by atoms with van der Waals surface area (Å²) in [5.41, 5.74) is 4.10. The van der Waals surface area contributed by atoms with Crippen LogP contribution in [0.3, 0.4) is 0 Å². The molecular formula is C20H20KNO4. The van der Waals surface area contributed by atoms with Crippen molar-refractivity contribution < 1.29 is 71.2 Å². The summed E-state index contributed by atoms with van der Waals surface area (Å²) < 4.78 is 0. The molecule has 0 aromatic heterocycles. The van der Waals surface area contributed by atoms with Crippen LogP contribution in [0.2, 0.25) is 0 Å². The van der Waals surface area contributed by atoms with Crippen molar-refractivity contribution in [3.63, 3.8) is 0 Å². The van der Waals surface area contributed by atoms with E-state index in [9.17, 15) is 19.8 Å². The smallest absolute Gasteiger partial charge is 0.550 e. The van der Waals surface area contributed by atoms with E-state index in [-0.39, 0.29) is 76.7 Å². The molecule has 0 radical (unpaired) electrons. The molecule has 1 aliphatic rings. The van der Waals surface area contributed by atoms with Crippen molar-refractivity contribution in [3.8, 4) is 11.1 Å². The van der Waals surface area contributed by atoms with E-state index in [0.29, 0.717) is 6.54 Å². The molecule has 26 heavy (non-hydrogen) atoms. The Morgan fingerprint density at radius 3 is 2.38 bits per heavy atom. The van der Waals surface area contributed by atoms with Crippen LogP contribution < -0.4 is 61.4 Å². The molecule has 6 heteroatoms. The molecule has 0 saturated heterocycles. The predicted octanol–water partition coefficient (Wildman–Crippen LogP) is -1.61. The normalized spacial score (nSPS) is 13.7. The van der Waals surface area contributed by atoms with Crippen molar-refractivity contribution in [3.05, 3.63) is 54.1 Å². The van der Waals surface area contributed by atoms with Crippen molar-refractivity contribution in [2.45, 2.75) is 19.3 Å². The number of rotatable bonds is 5. The van der Waals surface area contributed by atoms with Gasteiger partial charge in [0.25, 0.3) is 0 Å². The van der Waals surface area contributed by atoms with Gasteiger partial charge in [-0.2, -0.15) is 0 Å². The van der Waals surface area contributed by atoms with Crippen molar-refractivity contribution in [1.29, 1.82) is 0 Å². The fraction of sp³-hybridized carbons (Fsp3) is 0.300. The first-order chi connectivity index (χ1) is 12.1. The summed E-state index contributed by atoms with van der Waals surface area (Å²) in [7, 11) is 0. The van der Waals surface area contributed by atoms with Gasteiger partial charge in [0, 0.05) is 31.1 Å². The molecule has 1 atom stereocenters. The van der Waals surface area contributed by atoms with E-state index >= 15 is 0 Å². The largest absolute Gasteiger partial charge is 1.00 e. The molecule has 1 aliphatic heterocycles. The molecule has 1 heterocycles. The maximum Gasteiger partial charge on any atom is 1.00 e. The Morgan fingerprint density at radius 1 is 1.04 bits per heavy atom. The first-order valence-electron chi connectivity index (χ1n) is 8.38. The van der Waals surface area contributed by atoms with E-state index in [1.807, 2.05) is 36.4 Å². The zero-order valence-electron chi connectivity index (χ0n) is 14.9. The second kappa shape index (κ2) is 9.78. The number of carboxylic acid groups (broad SMARTS) is 1. The van der Waals surface area contributed by atoms with Gasteiger partial charge in [-0.05, 0) is 36.0 Å². The first-order valence-corrected chi connectivity index (χ1v) is 8.38. The van der Waals surface area contributed by atoms with Crippen LogP contribution in [0.4, 0.5) is 5.69 Å². The van der Waals surface area contributed by atoms with Crippen LogP contribution in [0, 0.1) is 5.92 Å². The number of aliphatic carboxylic acids is 1. The Hall–Kier alpha value is -1.02. The van der Waals surface area contributed by atoms with Crippen LogP contribution in [0.15, 0.2) is 48.5 Å². The average Bonchev–Trinajstić information content (AvgIpc) is 2.78. The fourth-order valence-electron chi connectivity index (χ4n) is 3.34. The number of fused-ring (bicyclic) bond motifs is 3. The van der Waals surface area contributed by atoms with Crippen LogP contribution >= 0.6 is 0 Å². The molecular weight excluding hydrogens is 357 g/mol. The minimum absolute atomic E-state index is 0. The molecule has 2 aromatic rings. The van der Waals surface area contributed by atoms with Gasteiger partial charge in [0.05, 0.1) is 5.69 Å². The summed E-state index contributed by atoms with van der Waals surface area (Å²) in [4.78, 5) is 25.3. The number of hydrogen-bond acceptors (Lipinski definition) is 4. The van der Waals surface area contributed by atoms with E-state index in [0.717, 1.165) is 23.2 Å². The Morgan fingerprint density at radius 2 is 1.69 bits per heavy atom. The minimum Gasteiger partial charge on any atom is -0.550 e. The van der Waals surface area contributed by atoms with E-state index in [1.54, 1.807) is 4.90 Å². The van der Waals surface area contributed by atoms with E-state index in [4.69, 9.17) is 0 Å². The molecule has 0 bridgehead atoms. The van der Waals surface area contributed by atoms with Crippen molar-refractivity contribution in [2.24, 2.45) is 5.92 Å². The molecule has 0 fully saturated rings. The second-order valence-corrected chi connectivity index (χ2v) is 6.30. The summed E-state index contributed by atoms with van der Waals surface area (Å²) >= 11 is 0. The molecule has 2 aromatic carbocycles. The molecule has 130 valence electrons. The monoisotopic (exact) mass is 377 g/mol. The fourth-order valence-corrected chi connectivity index (χ4v) is 3.34. The first kappa shape index (κ1) is 21.3. The summed E-state index contributed by atoms with van der Waals surface area (Å²) in [6.45, 7) is 0.172. The number of carbonyl (C=O) groups excluding carboxylic acids is 2. The summed E-state index contributed by atoms with van der Waals surface area (Å²) in [5.74, 6) is -2.06. The van der Waals surface area contributed by atoms with Gasteiger partial charge in [-0.3, -0.25) is 4.79 Å². The number of aliphatic hydroxyl groups is 1. The Kier molecular flexibility index (Phi) is 8.00. The molecule has 1 amide bonds. The SMILES string of the molecule is O=C([O-])CC(CO)CC(=O)N1CCc2ccccc2-c2ccccc21.[K+]. The third kappa shape index (κ3) is 4.82. The van der Waals surface area contributed by atoms with Gasteiger partial charge in [0.15, 0.2) is 0 Å². The van der Waals surface area contributed by atoms with Gasteiger partial charge < -0.3 is 19.9 Å². The summed E-state index contributed by atoms with van der Waals surface area (Å²) in [5, 5.41) is 20.1. The zero-order valence-corrected chi connectivity index (χ0v) is 18.0. The number of amides is 1. The Bertz CT molecular complexity index is 793. The number of anilines is 1. The van der Waals surface area contributed by atoms with Gasteiger partial charge in [-0.15, -0.1) is 0 Å². The number of nitrogens with zero attached hydrogens (tertiary/aromatic N) is 1. The number of aliphatic hydroxyl groups excluding tert-OH is 1. The second-order valence-electron chi connectivity index (χ2n) is 6.30. The van der Waals surface area contributed by atoms with Crippen LogP contribution in [-0.4, -0.2) is 30.1 Å². The van der Waals surface area contributed by atoms with E-state index < -0.39 is 11.9 Å². The van der Waals surface area contributed by atoms with Crippen LogP contribution in [0.5, 0.6) is 0 Å². The minimum atomic E-state index is -1.25. The number of carbonyl (C=O) groups is 2. The average molecular weight is 377 g/mol. The van der Waals surface area contributed by atoms with E-state index in [1.165, 1.54) is 5.56 Å². The standard InChI is InChI=1S/C20H21NO4.K/c22-13-14(12-20(24)25)11-19(23)21-10-9-15-5-1-2-6-16(15)17-7-3-4-8-18(17)21;/h1-8,14,22H,9-13H2,(H,24,25);/q;+1/p-1. The summed E-state index contributed by atoms with van der Waals surface area (Å²) in [6.07, 6.45) is 0.383. The van der Waals surface area contributed by atoms with Gasteiger partial charge in [-0.25, -0.2) is 0 Å². The summed E-state index contributed by atoms with van der Waals surface area (Å²) in [6, 6.07) is 15.8. The zero-order chi connectivity index (χ0) is 17.8. The van der Waals surface area contributed by atoms with Crippen molar-refractivity contribution in [1.82, 2.24) is 0 Å². The predicted molar refractivity (Wildman–Crippen MR) is 92.8 cm³/mol. The molecule has 0 saturated carbocycles. The Labute approximate surface area is 195 Å². The number of carboxylic acids is 1. The van der Waals surface area contributed by atoms with E-state index in [2.05, 4.69) is 12.1 Å². The van der Waals surface area contributed by atoms with Gasteiger partial charge in [0.2, 0.25) is 5.91 Å². The van der Waals surface area contributed by atoms with Gasteiger partial charge >= 0.3 is 51.4 Å². The quantitative estimate of drug-likeness (QED) is 0.636. The van der Waals surface area contributed by atoms with Gasteiger partial charge in [0.1, 0.15) is 0 Å². The molecule has 0 spiro atoms. The van der Waals surface area contributed by atoms with Crippen LogP contribution in [0.1, 0.15) is 18.4 Å². The number of para-hydroxylation sites is 1. The van der Waals surface area contributed by atoms with Crippen LogP contribution in [-0.2, 0) is 16.0 Å². The maximum absolute atomic E-state index is 12.8. The number of benzene rings is 2. The molecule has 0 aliphatic carbocycles. The van der Waals surface area contributed by atoms with Crippen LogP contribution in [0.25, 0.3) is 11.1 Å². The molecule has 3 rings (SSSR count). The maximum atomic E-state index is 12.8. The molecule has 5 nitrogen and oxygen atoms in total. The topological polar surface area (TPSA) is 80.7 Å². The molecule has 1 unspecified atom stereocenters. The van der Waals surface area contributed by atoms with Gasteiger partial charge in [-0.1, -0.05) is 42.5 Å². The molecule has 1 N–H and O–H groups in total. The number of hydrogen-bond donors (Lipinski definition) is 1. The van der Waals surface area contributed by atoms with Crippen molar-refractivity contribution in [2.75, 3.05) is 18.1 Å². The third-order valence-corrected chi connectivity index (χ3v) is 4.59. The van der Waals surface area contributed by atoms with Crippen molar-refractivity contribution >= 4 is 17.6 Å². The third-order valence-electron chi connectivity index (χ3n) is 4.59.